The van der Waals surface area contributed by atoms with E-state index in [9.17, 15) is 9.59 Å². The van der Waals surface area contributed by atoms with Crippen LogP contribution in [-0.4, -0.2) is 23.5 Å². The fourth-order valence-corrected chi connectivity index (χ4v) is 1.80. The second-order valence-electron chi connectivity index (χ2n) is 4.61. The number of hydrogen-bond acceptors (Lipinski definition) is 3. The summed E-state index contributed by atoms with van der Waals surface area (Å²) >= 11 is 0. The van der Waals surface area contributed by atoms with Crippen molar-refractivity contribution in [2.24, 2.45) is 5.92 Å². The van der Waals surface area contributed by atoms with Gasteiger partial charge in [-0.1, -0.05) is 13.3 Å². The predicted octanol–water partition coefficient (Wildman–Crippen LogP) is 1.81. The first kappa shape index (κ1) is 15.0. The van der Waals surface area contributed by atoms with E-state index in [-0.39, 0.29) is 12.5 Å². The molecule has 0 aliphatic carbocycles. The molecule has 1 aromatic rings. The van der Waals surface area contributed by atoms with Crippen LogP contribution in [0.2, 0.25) is 0 Å². The van der Waals surface area contributed by atoms with Gasteiger partial charge in [0.05, 0.1) is 5.92 Å². The molecule has 0 saturated carbocycles. The second-order valence-corrected chi connectivity index (χ2v) is 4.61. The molecule has 0 heterocycles. The van der Waals surface area contributed by atoms with Crippen molar-refractivity contribution >= 4 is 17.6 Å². The Morgan fingerprint density at radius 2 is 2.11 bits per heavy atom. The lowest BCUT2D eigenvalue weighted by molar-refractivity contribution is -0.141. The van der Waals surface area contributed by atoms with Gasteiger partial charge in [-0.05, 0) is 37.1 Å². The normalized spacial score (nSPS) is 11.9. The summed E-state index contributed by atoms with van der Waals surface area (Å²) in [6, 6.07) is 5.00. The molecule has 0 fully saturated rings. The van der Waals surface area contributed by atoms with Crippen molar-refractivity contribution in [2.75, 3.05) is 12.3 Å². The van der Waals surface area contributed by atoms with E-state index in [1.54, 1.807) is 18.2 Å². The van der Waals surface area contributed by atoms with Crippen molar-refractivity contribution in [3.63, 3.8) is 0 Å². The number of hydrogen-bond donors (Lipinski definition) is 3. The summed E-state index contributed by atoms with van der Waals surface area (Å²) in [6.45, 7) is 3.88. The zero-order chi connectivity index (χ0) is 14.4. The van der Waals surface area contributed by atoms with E-state index in [0.717, 1.165) is 12.0 Å². The number of rotatable bonds is 6. The average molecular weight is 264 g/mol. The molecule has 5 nitrogen and oxygen atoms in total. The molecule has 1 unspecified atom stereocenters. The van der Waals surface area contributed by atoms with Gasteiger partial charge in [0, 0.05) is 17.8 Å². The summed E-state index contributed by atoms with van der Waals surface area (Å²) in [7, 11) is 0. The van der Waals surface area contributed by atoms with Crippen LogP contribution in [0, 0.1) is 12.8 Å². The fraction of sp³-hybridized carbons (Fsp3) is 0.429. The Labute approximate surface area is 112 Å². The standard InChI is InChI=1S/C14H20N2O3/c1-3-4-11(14(18)19)8-16-13(17)10-5-6-12(15)9(2)7-10/h5-7,11H,3-4,8,15H2,1-2H3,(H,16,17)(H,18,19). The highest BCUT2D eigenvalue weighted by Gasteiger charge is 2.17. The fourth-order valence-electron chi connectivity index (χ4n) is 1.80. The number of aliphatic carboxylic acids is 1. The van der Waals surface area contributed by atoms with Gasteiger partial charge in [0.15, 0.2) is 0 Å². The molecular formula is C14H20N2O3. The van der Waals surface area contributed by atoms with Gasteiger partial charge < -0.3 is 16.2 Å². The van der Waals surface area contributed by atoms with Crippen molar-refractivity contribution in [1.82, 2.24) is 5.32 Å². The highest BCUT2D eigenvalue weighted by Crippen LogP contribution is 2.13. The maximum absolute atomic E-state index is 11.9. The van der Waals surface area contributed by atoms with Crippen LogP contribution in [0.3, 0.4) is 0 Å². The van der Waals surface area contributed by atoms with E-state index in [4.69, 9.17) is 10.8 Å². The minimum atomic E-state index is -0.879. The van der Waals surface area contributed by atoms with Gasteiger partial charge in [-0.25, -0.2) is 0 Å². The minimum Gasteiger partial charge on any atom is -0.481 e. The van der Waals surface area contributed by atoms with Gasteiger partial charge in [0.2, 0.25) is 0 Å². The molecule has 0 bridgehead atoms. The van der Waals surface area contributed by atoms with Crippen molar-refractivity contribution in [1.29, 1.82) is 0 Å². The van der Waals surface area contributed by atoms with Gasteiger partial charge in [-0.3, -0.25) is 9.59 Å². The third kappa shape index (κ3) is 4.28. The number of carbonyl (C=O) groups excluding carboxylic acids is 1. The molecule has 1 rings (SSSR count). The number of carbonyl (C=O) groups is 2. The van der Waals surface area contributed by atoms with E-state index in [1.807, 2.05) is 13.8 Å². The Morgan fingerprint density at radius 3 is 2.63 bits per heavy atom. The van der Waals surface area contributed by atoms with Crippen LogP contribution in [0.4, 0.5) is 5.69 Å². The molecule has 1 aromatic carbocycles. The molecular weight excluding hydrogens is 244 g/mol. The number of anilines is 1. The minimum absolute atomic E-state index is 0.144. The van der Waals surface area contributed by atoms with E-state index >= 15 is 0 Å². The number of carboxylic acid groups (broad SMARTS) is 1. The van der Waals surface area contributed by atoms with Crippen LogP contribution >= 0.6 is 0 Å². The summed E-state index contributed by atoms with van der Waals surface area (Å²) in [6.07, 6.45) is 1.32. The third-order valence-electron chi connectivity index (χ3n) is 3.03. The van der Waals surface area contributed by atoms with Crippen molar-refractivity contribution < 1.29 is 14.7 Å². The number of nitrogens with one attached hydrogen (secondary N) is 1. The highest BCUT2D eigenvalue weighted by atomic mass is 16.4. The van der Waals surface area contributed by atoms with Gasteiger partial charge >= 0.3 is 5.97 Å². The SMILES string of the molecule is CCCC(CNC(=O)c1ccc(N)c(C)c1)C(=O)O. The third-order valence-corrected chi connectivity index (χ3v) is 3.03. The Bertz CT molecular complexity index is 472. The number of benzene rings is 1. The quantitative estimate of drug-likeness (QED) is 0.683. The van der Waals surface area contributed by atoms with Crippen molar-refractivity contribution in [3.05, 3.63) is 29.3 Å². The zero-order valence-electron chi connectivity index (χ0n) is 11.3. The second kappa shape index (κ2) is 6.78. The molecule has 0 aliphatic heterocycles. The van der Waals surface area contributed by atoms with Crippen LogP contribution in [0.1, 0.15) is 35.7 Å². The number of aryl methyl sites for hydroxylation is 1. The molecule has 104 valence electrons. The highest BCUT2D eigenvalue weighted by molar-refractivity contribution is 5.95. The summed E-state index contributed by atoms with van der Waals surface area (Å²) in [5.41, 5.74) is 7.63. The summed E-state index contributed by atoms with van der Waals surface area (Å²) in [4.78, 5) is 22.9. The average Bonchev–Trinajstić information content (AvgIpc) is 2.37. The number of amides is 1. The molecule has 5 heteroatoms. The van der Waals surface area contributed by atoms with Crippen LogP contribution in [0.15, 0.2) is 18.2 Å². The first-order valence-electron chi connectivity index (χ1n) is 6.32. The topological polar surface area (TPSA) is 92.4 Å². The smallest absolute Gasteiger partial charge is 0.308 e. The van der Waals surface area contributed by atoms with Gasteiger partial charge in [0.25, 0.3) is 5.91 Å². The maximum atomic E-state index is 11.9. The number of nitrogen functional groups attached to an aromatic ring is 1. The Balaban J connectivity index is 2.63. The number of nitrogens with two attached hydrogens (primary N) is 1. The first-order valence-corrected chi connectivity index (χ1v) is 6.32. The number of carboxylic acids is 1. The maximum Gasteiger partial charge on any atom is 0.308 e. The summed E-state index contributed by atoms with van der Waals surface area (Å²) in [5, 5.41) is 11.7. The lowest BCUT2D eigenvalue weighted by atomic mass is 10.0. The molecule has 1 atom stereocenters. The van der Waals surface area contributed by atoms with Gasteiger partial charge in [-0.15, -0.1) is 0 Å². The van der Waals surface area contributed by atoms with Crippen molar-refractivity contribution in [3.8, 4) is 0 Å². The van der Waals surface area contributed by atoms with E-state index < -0.39 is 11.9 Å². The molecule has 0 aromatic heterocycles. The van der Waals surface area contributed by atoms with Gasteiger partial charge in [0.1, 0.15) is 0 Å². The van der Waals surface area contributed by atoms with Gasteiger partial charge in [-0.2, -0.15) is 0 Å². The Morgan fingerprint density at radius 1 is 1.42 bits per heavy atom. The summed E-state index contributed by atoms with van der Waals surface area (Å²) in [5.74, 6) is -1.69. The molecule has 0 saturated heterocycles. The lowest BCUT2D eigenvalue weighted by Crippen LogP contribution is -2.32. The van der Waals surface area contributed by atoms with Crippen LogP contribution in [0.5, 0.6) is 0 Å². The summed E-state index contributed by atoms with van der Waals surface area (Å²) < 4.78 is 0. The van der Waals surface area contributed by atoms with Crippen LogP contribution < -0.4 is 11.1 Å². The molecule has 0 spiro atoms. The van der Waals surface area contributed by atoms with E-state index in [1.165, 1.54) is 0 Å². The van der Waals surface area contributed by atoms with Crippen LogP contribution in [-0.2, 0) is 4.79 Å². The Kier molecular flexibility index (Phi) is 5.36. The largest absolute Gasteiger partial charge is 0.481 e. The molecule has 0 radical (unpaired) electrons. The van der Waals surface area contributed by atoms with Crippen molar-refractivity contribution in [2.45, 2.75) is 26.7 Å². The van der Waals surface area contributed by atoms with Crippen LogP contribution in [0.25, 0.3) is 0 Å². The van der Waals surface area contributed by atoms with E-state index in [2.05, 4.69) is 5.32 Å². The predicted molar refractivity (Wildman–Crippen MR) is 74.0 cm³/mol. The lowest BCUT2D eigenvalue weighted by Gasteiger charge is -2.12. The zero-order valence-corrected chi connectivity index (χ0v) is 11.3. The molecule has 1 amide bonds. The molecule has 0 aliphatic rings. The molecule has 4 N–H and O–H groups in total. The Hall–Kier alpha value is -2.04. The monoisotopic (exact) mass is 264 g/mol. The van der Waals surface area contributed by atoms with E-state index in [0.29, 0.717) is 17.7 Å². The first-order chi connectivity index (χ1) is 8.95. The molecule has 19 heavy (non-hydrogen) atoms.